The summed E-state index contributed by atoms with van der Waals surface area (Å²) in [7, 11) is -3.31. The van der Waals surface area contributed by atoms with Gasteiger partial charge in [0, 0.05) is 17.1 Å². The van der Waals surface area contributed by atoms with E-state index >= 15 is 0 Å². The molecule has 0 aliphatic heterocycles. The van der Waals surface area contributed by atoms with E-state index in [0.29, 0.717) is 19.8 Å². The van der Waals surface area contributed by atoms with Crippen molar-refractivity contribution in [3.63, 3.8) is 0 Å². The zero-order chi connectivity index (χ0) is 13.0. The Labute approximate surface area is 122 Å². The summed E-state index contributed by atoms with van der Waals surface area (Å²) in [4.78, 5) is 0. The summed E-state index contributed by atoms with van der Waals surface area (Å²) in [6.07, 6.45) is 5.63. The Bertz CT molecular complexity index is 181. The Morgan fingerprint density at radius 2 is 1.00 bits per heavy atom. The minimum atomic E-state index is -3.31. The molecule has 0 heterocycles. The molecule has 0 saturated heterocycles. The molecule has 0 aromatic heterocycles. The Balaban J connectivity index is 0. The predicted molar refractivity (Wildman–Crippen MR) is 70.2 cm³/mol. The van der Waals surface area contributed by atoms with Crippen molar-refractivity contribution in [2.75, 3.05) is 19.8 Å². The van der Waals surface area contributed by atoms with Crippen molar-refractivity contribution in [3.8, 4) is 0 Å². The van der Waals surface area contributed by atoms with Crippen molar-refractivity contribution in [2.24, 2.45) is 0 Å². The smallest absolute Gasteiger partial charge is 0.287 e. The van der Waals surface area contributed by atoms with E-state index in [1.165, 1.54) is 0 Å². The Hall–Kier alpha value is 0.629. The third kappa shape index (κ3) is 11.7. The number of hydrogen-bond donors (Lipinski definition) is 0. The topological polar surface area (TPSA) is 44.8 Å². The molecule has 0 amide bonds. The average Bonchev–Trinajstić information content (AvgIpc) is 2.30. The quantitative estimate of drug-likeness (QED) is 0.299. The zero-order valence-corrected chi connectivity index (χ0v) is 13.6. The molecule has 0 aromatic carbocycles. The predicted octanol–water partition coefficient (Wildman–Crippen LogP) is 4.54. The molecule has 6 heteroatoms. The van der Waals surface area contributed by atoms with Gasteiger partial charge in [0.25, 0.3) is 0 Å². The van der Waals surface area contributed by atoms with E-state index < -0.39 is 7.82 Å². The molecule has 115 valence electrons. The second-order valence-electron chi connectivity index (χ2n) is 4.01. The van der Waals surface area contributed by atoms with Crippen molar-refractivity contribution >= 4 is 7.82 Å². The minimum Gasteiger partial charge on any atom is -0.287 e. The van der Waals surface area contributed by atoms with Gasteiger partial charge in [0.15, 0.2) is 0 Å². The van der Waals surface area contributed by atoms with E-state index in [-0.39, 0.29) is 17.1 Å². The molecule has 0 atom stereocenters. The monoisotopic (exact) mass is 329 g/mol. The van der Waals surface area contributed by atoms with Gasteiger partial charge in [-0.05, 0) is 19.3 Å². The molecule has 0 aromatic rings. The summed E-state index contributed by atoms with van der Waals surface area (Å²) < 4.78 is 28.0. The standard InChI is InChI=1S/C12H27O4P.Cu/c1-4-7-10-14-17(13,15-11-8-5-2)16-12-9-6-3;/h4-12H2,1-3H3;. The van der Waals surface area contributed by atoms with Crippen LogP contribution in [0.2, 0.25) is 0 Å². The SMILES string of the molecule is CCCCOP(=O)(OCCCC)OCCCC.[Cu]. The van der Waals surface area contributed by atoms with Crippen molar-refractivity contribution in [3.05, 3.63) is 0 Å². The Kier molecular flexibility index (Phi) is 16.3. The summed E-state index contributed by atoms with van der Waals surface area (Å²) in [5.41, 5.74) is 0. The molecule has 0 unspecified atom stereocenters. The van der Waals surface area contributed by atoms with Gasteiger partial charge in [0.2, 0.25) is 0 Å². The van der Waals surface area contributed by atoms with Crippen LogP contribution < -0.4 is 0 Å². The van der Waals surface area contributed by atoms with Crippen molar-refractivity contribution in [2.45, 2.75) is 59.3 Å². The summed E-state index contributed by atoms with van der Waals surface area (Å²) >= 11 is 0. The second kappa shape index (κ2) is 14.0. The van der Waals surface area contributed by atoms with Crippen LogP contribution in [0.15, 0.2) is 0 Å². The molecule has 0 spiro atoms. The van der Waals surface area contributed by atoms with Gasteiger partial charge in [0.05, 0.1) is 19.8 Å². The largest absolute Gasteiger partial charge is 0.474 e. The first-order valence-corrected chi connectivity index (χ1v) is 8.18. The minimum absolute atomic E-state index is 0. The van der Waals surface area contributed by atoms with Gasteiger partial charge in [0.1, 0.15) is 0 Å². The Morgan fingerprint density at radius 3 is 1.22 bits per heavy atom. The molecule has 0 aliphatic carbocycles. The zero-order valence-electron chi connectivity index (χ0n) is 11.7. The van der Waals surface area contributed by atoms with E-state index in [2.05, 4.69) is 20.8 Å². The Morgan fingerprint density at radius 1 is 0.722 bits per heavy atom. The average molecular weight is 330 g/mol. The maximum Gasteiger partial charge on any atom is 0.474 e. The van der Waals surface area contributed by atoms with Crippen LogP contribution in [0.25, 0.3) is 0 Å². The molecule has 0 N–H and O–H groups in total. The molecule has 0 rings (SSSR count). The van der Waals surface area contributed by atoms with Crippen LogP contribution in [0.4, 0.5) is 0 Å². The number of phosphoric acid groups is 1. The second-order valence-corrected chi connectivity index (χ2v) is 5.68. The fourth-order valence-corrected chi connectivity index (χ4v) is 2.36. The van der Waals surface area contributed by atoms with Gasteiger partial charge in [-0.25, -0.2) is 4.57 Å². The molecule has 0 fully saturated rings. The van der Waals surface area contributed by atoms with Gasteiger partial charge in [-0.15, -0.1) is 0 Å². The number of rotatable bonds is 12. The van der Waals surface area contributed by atoms with E-state index in [9.17, 15) is 4.57 Å². The van der Waals surface area contributed by atoms with E-state index in [4.69, 9.17) is 13.6 Å². The van der Waals surface area contributed by atoms with Gasteiger partial charge in [-0.2, -0.15) is 0 Å². The normalized spacial score (nSPS) is 11.3. The van der Waals surface area contributed by atoms with Crippen LogP contribution in [-0.4, -0.2) is 19.8 Å². The number of hydrogen-bond acceptors (Lipinski definition) is 4. The fourth-order valence-electron chi connectivity index (χ4n) is 1.07. The number of phosphoric ester groups is 1. The summed E-state index contributed by atoms with van der Waals surface area (Å²) in [5, 5.41) is 0. The molecule has 0 saturated carbocycles. The molecule has 0 aliphatic rings. The van der Waals surface area contributed by atoms with Gasteiger partial charge < -0.3 is 0 Å². The van der Waals surface area contributed by atoms with Crippen LogP contribution >= 0.6 is 7.82 Å². The van der Waals surface area contributed by atoms with E-state index in [0.717, 1.165) is 38.5 Å². The van der Waals surface area contributed by atoms with Crippen molar-refractivity contribution in [1.82, 2.24) is 0 Å². The van der Waals surface area contributed by atoms with Gasteiger partial charge in [-0.3, -0.25) is 13.6 Å². The summed E-state index contributed by atoms with van der Waals surface area (Å²) in [6, 6.07) is 0. The molecule has 18 heavy (non-hydrogen) atoms. The molecular formula is C12H27CuO4P. The first kappa shape index (κ1) is 20.9. The van der Waals surface area contributed by atoms with Crippen LogP contribution in [0.3, 0.4) is 0 Å². The van der Waals surface area contributed by atoms with Crippen LogP contribution in [0.1, 0.15) is 59.3 Å². The van der Waals surface area contributed by atoms with Crippen LogP contribution in [-0.2, 0) is 35.2 Å². The maximum atomic E-state index is 12.2. The van der Waals surface area contributed by atoms with Crippen LogP contribution in [0, 0.1) is 0 Å². The van der Waals surface area contributed by atoms with E-state index in [1.807, 2.05) is 0 Å². The first-order chi connectivity index (χ1) is 8.18. The van der Waals surface area contributed by atoms with E-state index in [1.54, 1.807) is 0 Å². The fraction of sp³-hybridized carbons (Fsp3) is 1.00. The maximum absolute atomic E-state index is 12.2. The number of unbranched alkanes of at least 4 members (excludes halogenated alkanes) is 3. The van der Waals surface area contributed by atoms with Crippen molar-refractivity contribution < 1.29 is 35.2 Å². The third-order valence-electron chi connectivity index (χ3n) is 2.24. The van der Waals surface area contributed by atoms with Gasteiger partial charge >= 0.3 is 7.82 Å². The third-order valence-corrected chi connectivity index (χ3v) is 3.74. The van der Waals surface area contributed by atoms with Crippen molar-refractivity contribution in [1.29, 1.82) is 0 Å². The first-order valence-electron chi connectivity index (χ1n) is 6.72. The molecule has 1 radical (unpaired) electrons. The summed E-state index contributed by atoms with van der Waals surface area (Å²) in [6.45, 7) is 7.49. The van der Waals surface area contributed by atoms with Crippen LogP contribution in [0.5, 0.6) is 0 Å². The summed E-state index contributed by atoms with van der Waals surface area (Å²) in [5.74, 6) is 0. The van der Waals surface area contributed by atoms with Gasteiger partial charge in [-0.1, -0.05) is 40.0 Å². The molecular weight excluding hydrogens is 303 g/mol. The molecule has 4 nitrogen and oxygen atoms in total. The molecule has 0 bridgehead atoms.